The van der Waals surface area contributed by atoms with E-state index >= 15 is 0 Å². The van der Waals surface area contributed by atoms with E-state index in [0.29, 0.717) is 41.8 Å². The Hall–Kier alpha value is -1.59. The number of ether oxygens (including phenoxy) is 1. The molecule has 4 nitrogen and oxygen atoms in total. The predicted molar refractivity (Wildman–Crippen MR) is 109 cm³/mol. The van der Waals surface area contributed by atoms with Gasteiger partial charge in [-0.2, -0.15) is 0 Å². The first-order valence-electron chi connectivity index (χ1n) is 10.3. The number of nitrogens with zero attached hydrogens (tertiary/aromatic N) is 1. The molecule has 4 rings (SSSR count). The van der Waals surface area contributed by atoms with Crippen LogP contribution in [-0.4, -0.2) is 35.7 Å². The minimum Gasteiger partial charge on any atom is -0.381 e. The lowest BCUT2D eigenvalue weighted by Crippen LogP contribution is -2.34. The van der Waals surface area contributed by atoms with Gasteiger partial charge < -0.3 is 14.5 Å². The largest absolute Gasteiger partial charge is 0.381 e. The van der Waals surface area contributed by atoms with Crippen LogP contribution in [0.4, 0.5) is 4.39 Å². The summed E-state index contributed by atoms with van der Waals surface area (Å²) in [6.45, 7) is 3.75. The SMILES string of the molecule is CC1(F)CCC(CNC(=O)c2cc(C3CCOCC3)n3cccc(Cl)c23)CC1. The van der Waals surface area contributed by atoms with E-state index in [1.54, 1.807) is 6.92 Å². The molecule has 1 saturated heterocycles. The maximum absolute atomic E-state index is 14.0. The second-order valence-electron chi connectivity index (χ2n) is 8.51. The number of amides is 1. The van der Waals surface area contributed by atoms with Gasteiger partial charge in [0.2, 0.25) is 0 Å². The fourth-order valence-corrected chi connectivity index (χ4v) is 4.80. The molecule has 0 aromatic carbocycles. The predicted octanol–water partition coefficient (Wildman–Crippen LogP) is 5.13. The van der Waals surface area contributed by atoms with Crippen molar-refractivity contribution in [3.8, 4) is 0 Å². The van der Waals surface area contributed by atoms with Crippen LogP contribution < -0.4 is 5.32 Å². The minimum atomic E-state index is -1.05. The van der Waals surface area contributed by atoms with E-state index in [1.165, 1.54) is 0 Å². The monoisotopic (exact) mass is 406 g/mol. The van der Waals surface area contributed by atoms with E-state index in [9.17, 15) is 9.18 Å². The smallest absolute Gasteiger partial charge is 0.253 e. The summed E-state index contributed by atoms with van der Waals surface area (Å²) in [6, 6.07) is 5.73. The summed E-state index contributed by atoms with van der Waals surface area (Å²) in [5.74, 6) is 0.603. The van der Waals surface area contributed by atoms with E-state index in [2.05, 4.69) is 9.72 Å². The molecule has 0 radical (unpaired) electrons. The first-order valence-corrected chi connectivity index (χ1v) is 10.7. The Morgan fingerprint density at radius 3 is 2.75 bits per heavy atom. The summed E-state index contributed by atoms with van der Waals surface area (Å²) in [4.78, 5) is 13.0. The normalized spacial score (nSPS) is 26.5. The fraction of sp³-hybridized carbons (Fsp3) is 0.591. The maximum atomic E-state index is 14.0. The molecule has 0 spiro atoms. The van der Waals surface area contributed by atoms with Gasteiger partial charge in [0, 0.05) is 37.6 Å². The summed E-state index contributed by atoms with van der Waals surface area (Å²) < 4.78 is 21.5. The van der Waals surface area contributed by atoms with Crippen molar-refractivity contribution in [2.45, 2.75) is 57.0 Å². The van der Waals surface area contributed by atoms with Crippen LogP contribution in [0.15, 0.2) is 24.4 Å². The Balaban J connectivity index is 1.53. The standard InChI is InChI=1S/C22H28ClFN2O2/c1-22(24)8-4-15(5-9-22)14-25-21(27)17-13-19(16-6-11-28-12-7-16)26-10-2-3-18(23)20(17)26/h2-3,10,13,15-16H,4-9,11-12,14H2,1H3,(H,25,27). The van der Waals surface area contributed by atoms with Crippen molar-refractivity contribution in [2.75, 3.05) is 19.8 Å². The lowest BCUT2D eigenvalue weighted by atomic mass is 9.81. The zero-order valence-corrected chi connectivity index (χ0v) is 17.1. The minimum absolute atomic E-state index is 0.0995. The van der Waals surface area contributed by atoms with Crippen LogP contribution in [0.5, 0.6) is 0 Å². The molecular weight excluding hydrogens is 379 g/mol. The van der Waals surface area contributed by atoms with Crippen LogP contribution in [0, 0.1) is 5.92 Å². The van der Waals surface area contributed by atoms with Crippen LogP contribution in [0.3, 0.4) is 0 Å². The Bertz CT molecular complexity index is 848. The third-order valence-corrected chi connectivity index (χ3v) is 6.66. The molecule has 2 fully saturated rings. The molecule has 0 unspecified atom stereocenters. The van der Waals surface area contributed by atoms with E-state index in [1.807, 2.05) is 24.4 Å². The number of alkyl halides is 1. The van der Waals surface area contributed by atoms with Gasteiger partial charge in [0.1, 0.15) is 5.67 Å². The second kappa shape index (κ2) is 8.03. The van der Waals surface area contributed by atoms with Crippen molar-refractivity contribution in [3.63, 3.8) is 0 Å². The number of fused-ring (bicyclic) bond motifs is 1. The average Bonchev–Trinajstić information content (AvgIpc) is 3.09. The van der Waals surface area contributed by atoms with Crippen molar-refractivity contribution < 1.29 is 13.9 Å². The van der Waals surface area contributed by atoms with Gasteiger partial charge in [-0.25, -0.2) is 4.39 Å². The first kappa shape index (κ1) is 19.7. The first-order chi connectivity index (χ1) is 13.4. The number of carbonyl (C=O) groups excluding carboxylic acids is 1. The van der Waals surface area contributed by atoms with Gasteiger partial charge in [-0.05, 0) is 69.6 Å². The number of hydrogen-bond donors (Lipinski definition) is 1. The van der Waals surface area contributed by atoms with Crippen molar-refractivity contribution in [1.82, 2.24) is 9.72 Å². The van der Waals surface area contributed by atoms with Crippen molar-refractivity contribution >= 4 is 23.0 Å². The lowest BCUT2D eigenvalue weighted by Gasteiger charge is -2.31. The summed E-state index contributed by atoms with van der Waals surface area (Å²) in [6.07, 6.45) is 6.65. The molecule has 6 heteroatoms. The highest BCUT2D eigenvalue weighted by Crippen LogP contribution is 2.35. The highest BCUT2D eigenvalue weighted by atomic mass is 35.5. The average molecular weight is 407 g/mol. The molecule has 3 heterocycles. The van der Waals surface area contributed by atoms with Gasteiger partial charge in [0.05, 0.1) is 16.1 Å². The zero-order valence-electron chi connectivity index (χ0n) is 16.3. The molecule has 2 aromatic rings. The van der Waals surface area contributed by atoms with Gasteiger partial charge in [0.15, 0.2) is 0 Å². The third-order valence-electron chi connectivity index (χ3n) is 6.35. The molecular formula is C22H28ClFN2O2. The quantitative estimate of drug-likeness (QED) is 0.764. The molecule has 1 amide bonds. The molecule has 0 atom stereocenters. The molecule has 28 heavy (non-hydrogen) atoms. The Kier molecular flexibility index (Phi) is 5.66. The topological polar surface area (TPSA) is 42.7 Å². The maximum Gasteiger partial charge on any atom is 0.253 e. The molecule has 1 N–H and O–H groups in total. The molecule has 2 aliphatic rings. The third kappa shape index (κ3) is 4.06. The molecule has 2 aromatic heterocycles. The molecule has 1 aliphatic heterocycles. The van der Waals surface area contributed by atoms with Gasteiger partial charge in [-0.15, -0.1) is 0 Å². The Morgan fingerprint density at radius 2 is 2.04 bits per heavy atom. The van der Waals surface area contributed by atoms with Crippen molar-refractivity contribution in [1.29, 1.82) is 0 Å². The molecule has 0 bridgehead atoms. The summed E-state index contributed by atoms with van der Waals surface area (Å²) >= 11 is 6.47. The summed E-state index contributed by atoms with van der Waals surface area (Å²) in [7, 11) is 0. The molecule has 1 aliphatic carbocycles. The number of carbonyl (C=O) groups is 1. The van der Waals surface area contributed by atoms with E-state index in [4.69, 9.17) is 16.3 Å². The fourth-order valence-electron chi connectivity index (χ4n) is 4.54. The lowest BCUT2D eigenvalue weighted by molar-refractivity contribution is 0.0843. The van der Waals surface area contributed by atoms with Crippen LogP contribution in [0.25, 0.3) is 5.52 Å². The molecule has 152 valence electrons. The van der Waals surface area contributed by atoms with Gasteiger partial charge >= 0.3 is 0 Å². The Labute approximate surface area is 170 Å². The Morgan fingerprint density at radius 1 is 1.32 bits per heavy atom. The second-order valence-corrected chi connectivity index (χ2v) is 8.92. The highest BCUT2D eigenvalue weighted by molar-refractivity contribution is 6.34. The van der Waals surface area contributed by atoms with Gasteiger partial charge in [-0.1, -0.05) is 11.6 Å². The van der Waals surface area contributed by atoms with E-state index in [-0.39, 0.29) is 5.91 Å². The highest BCUT2D eigenvalue weighted by Gasteiger charge is 2.31. The van der Waals surface area contributed by atoms with Crippen molar-refractivity contribution in [2.24, 2.45) is 5.92 Å². The number of pyridine rings is 1. The van der Waals surface area contributed by atoms with Crippen LogP contribution in [0.1, 0.15) is 67.4 Å². The number of hydrogen-bond acceptors (Lipinski definition) is 2. The van der Waals surface area contributed by atoms with Gasteiger partial charge in [-0.3, -0.25) is 4.79 Å². The molecule has 1 saturated carbocycles. The zero-order chi connectivity index (χ0) is 19.7. The van der Waals surface area contributed by atoms with Crippen LogP contribution >= 0.6 is 11.6 Å². The number of halogens is 2. The van der Waals surface area contributed by atoms with Crippen molar-refractivity contribution in [3.05, 3.63) is 40.7 Å². The summed E-state index contributed by atoms with van der Waals surface area (Å²) in [5.41, 5.74) is 1.46. The number of aromatic nitrogens is 1. The number of nitrogens with one attached hydrogen (secondary N) is 1. The van der Waals surface area contributed by atoms with Crippen LogP contribution in [0.2, 0.25) is 5.02 Å². The van der Waals surface area contributed by atoms with Gasteiger partial charge in [0.25, 0.3) is 5.91 Å². The summed E-state index contributed by atoms with van der Waals surface area (Å²) in [5, 5.41) is 3.65. The van der Waals surface area contributed by atoms with Crippen LogP contribution in [-0.2, 0) is 4.74 Å². The number of rotatable bonds is 4. The van der Waals surface area contributed by atoms with E-state index in [0.717, 1.165) is 50.1 Å². The van der Waals surface area contributed by atoms with E-state index < -0.39 is 5.67 Å².